The fourth-order valence-corrected chi connectivity index (χ4v) is 6.81. The van der Waals surface area contributed by atoms with Crippen LogP contribution in [-0.2, 0) is 20.6 Å². The third-order valence-electron chi connectivity index (χ3n) is 6.52. The maximum absolute atomic E-state index is 12.7. The molecule has 2 saturated carbocycles. The van der Waals surface area contributed by atoms with Gasteiger partial charge in [0.2, 0.25) is 15.9 Å². The number of sulfonamides is 1. The summed E-state index contributed by atoms with van der Waals surface area (Å²) in [5.41, 5.74) is 0.693. The van der Waals surface area contributed by atoms with Gasteiger partial charge in [-0.05, 0) is 61.6 Å². The lowest BCUT2D eigenvalue weighted by Gasteiger charge is -2.32. The van der Waals surface area contributed by atoms with Gasteiger partial charge in [0.25, 0.3) is 0 Å². The molecule has 0 unspecified atom stereocenters. The number of hydrogen-bond donors (Lipinski definition) is 1. The summed E-state index contributed by atoms with van der Waals surface area (Å²) in [7, 11) is -3.39. The van der Waals surface area contributed by atoms with Crippen LogP contribution in [0.3, 0.4) is 0 Å². The predicted octanol–water partition coefficient (Wildman–Crippen LogP) is 3.19. The lowest BCUT2D eigenvalue weighted by atomic mass is 9.93. The van der Waals surface area contributed by atoms with Crippen LogP contribution < -0.4 is 5.32 Å². The molecule has 1 amide bonds. The average Bonchev–Trinajstić information content (AvgIpc) is 3.24. The molecule has 3 fully saturated rings. The van der Waals surface area contributed by atoms with E-state index in [-0.39, 0.29) is 17.6 Å². The Balaban J connectivity index is 1.29. The lowest BCUT2D eigenvalue weighted by molar-refractivity contribution is -0.127. The van der Waals surface area contributed by atoms with Crippen molar-refractivity contribution >= 4 is 27.5 Å². The van der Waals surface area contributed by atoms with Crippen molar-refractivity contribution in [3.8, 4) is 0 Å². The maximum atomic E-state index is 12.7. The molecule has 1 saturated heterocycles. The molecule has 3 atom stereocenters. The van der Waals surface area contributed by atoms with Crippen molar-refractivity contribution in [2.24, 2.45) is 17.8 Å². The number of amides is 1. The number of fused-ring (bicyclic) bond motifs is 2. The van der Waals surface area contributed by atoms with Crippen LogP contribution in [0.4, 0.5) is 0 Å². The fraction of sp³-hybridized carbons (Fsp3) is 0.650. The second kappa shape index (κ2) is 7.72. The van der Waals surface area contributed by atoms with Crippen LogP contribution in [0.2, 0.25) is 5.02 Å². The Morgan fingerprint density at radius 1 is 1.15 bits per heavy atom. The second-order valence-corrected chi connectivity index (χ2v) is 10.8. The Kier molecular flexibility index (Phi) is 5.50. The summed E-state index contributed by atoms with van der Waals surface area (Å²) < 4.78 is 26.9. The second-order valence-electron chi connectivity index (χ2n) is 8.35. The van der Waals surface area contributed by atoms with Crippen LogP contribution in [0.5, 0.6) is 0 Å². The summed E-state index contributed by atoms with van der Waals surface area (Å²) in [6, 6.07) is 7.31. The van der Waals surface area contributed by atoms with Crippen LogP contribution in [0.25, 0.3) is 0 Å². The van der Waals surface area contributed by atoms with E-state index in [9.17, 15) is 13.2 Å². The number of nitrogens with one attached hydrogen (secondary N) is 1. The van der Waals surface area contributed by atoms with Gasteiger partial charge >= 0.3 is 0 Å². The first-order chi connectivity index (χ1) is 12.9. The van der Waals surface area contributed by atoms with Gasteiger partial charge in [0.15, 0.2) is 0 Å². The Hall–Kier alpha value is -1.11. The van der Waals surface area contributed by atoms with Crippen LogP contribution in [-0.4, -0.2) is 37.8 Å². The van der Waals surface area contributed by atoms with Gasteiger partial charge in [-0.3, -0.25) is 4.79 Å². The predicted molar refractivity (Wildman–Crippen MR) is 106 cm³/mol. The van der Waals surface area contributed by atoms with E-state index in [2.05, 4.69) is 5.32 Å². The fourth-order valence-electron chi connectivity index (χ4n) is 5.05. The molecule has 0 spiro atoms. The van der Waals surface area contributed by atoms with Gasteiger partial charge in [-0.1, -0.05) is 30.2 Å². The highest BCUT2D eigenvalue weighted by Crippen LogP contribution is 2.44. The van der Waals surface area contributed by atoms with Crippen molar-refractivity contribution in [3.05, 3.63) is 34.9 Å². The summed E-state index contributed by atoms with van der Waals surface area (Å²) in [6.45, 7) is 0.829. The molecule has 0 radical (unpaired) electrons. The van der Waals surface area contributed by atoms with E-state index in [1.807, 2.05) is 0 Å². The number of rotatable bonds is 5. The molecule has 0 aromatic heterocycles. The molecule has 1 aliphatic heterocycles. The molecular weight excluding hydrogens is 384 g/mol. The van der Waals surface area contributed by atoms with Crippen LogP contribution in [0, 0.1) is 17.8 Å². The zero-order chi connectivity index (χ0) is 19.0. The van der Waals surface area contributed by atoms with Gasteiger partial charge in [0.1, 0.15) is 0 Å². The Bertz CT molecular complexity index is 805. The SMILES string of the molecule is O=C(N[C@H]1C[C@H]2CC[C@@H]1C2)C1CCN(S(=O)(=O)Cc2cccc(Cl)c2)CC1. The molecule has 5 nitrogen and oxygen atoms in total. The van der Waals surface area contributed by atoms with E-state index in [1.165, 1.54) is 23.6 Å². The Morgan fingerprint density at radius 2 is 1.93 bits per heavy atom. The largest absolute Gasteiger partial charge is 0.353 e. The molecule has 148 valence electrons. The number of benzene rings is 1. The zero-order valence-corrected chi connectivity index (χ0v) is 17.0. The third-order valence-corrected chi connectivity index (χ3v) is 8.61. The molecule has 3 aliphatic rings. The number of carbonyl (C=O) groups is 1. The van der Waals surface area contributed by atoms with Gasteiger partial charge in [-0.15, -0.1) is 0 Å². The van der Waals surface area contributed by atoms with E-state index in [0.717, 1.165) is 12.3 Å². The van der Waals surface area contributed by atoms with Crippen LogP contribution in [0.15, 0.2) is 24.3 Å². The lowest BCUT2D eigenvalue weighted by Crippen LogP contribution is -2.46. The van der Waals surface area contributed by atoms with E-state index < -0.39 is 10.0 Å². The molecule has 7 heteroatoms. The van der Waals surface area contributed by atoms with Crippen molar-refractivity contribution in [1.29, 1.82) is 0 Å². The van der Waals surface area contributed by atoms with Gasteiger partial charge < -0.3 is 5.32 Å². The highest BCUT2D eigenvalue weighted by molar-refractivity contribution is 7.88. The Morgan fingerprint density at radius 3 is 2.56 bits per heavy atom. The molecule has 27 heavy (non-hydrogen) atoms. The molecule has 1 N–H and O–H groups in total. The maximum Gasteiger partial charge on any atom is 0.223 e. The molecule has 1 aromatic rings. The minimum absolute atomic E-state index is 0.0461. The average molecular weight is 411 g/mol. The van der Waals surface area contributed by atoms with Gasteiger partial charge in [-0.2, -0.15) is 0 Å². The molecular formula is C20H27ClN2O3S. The third kappa shape index (κ3) is 4.33. The highest BCUT2D eigenvalue weighted by Gasteiger charge is 2.41. The molecule has 2 aliphatic carbocycles. The summed E-state index contributed by atoms with van der Waals surface area (Å²) >= 11 is 5.95. The summed E-state index contributed by atoms with van der Waals surface area (Å²) in [4.78, 5) is 12.6. The standard InChI is InChI=1S/C20H27ClN2O3S/c21-18-3-1-2-15(11-18)13-27(25,26)23-8-6-16(7-9-23)20(24)22-19-12-14-4-5-17(19)10-14/h1-3,11,14,16-17,19H,4-10,12-13H2,(H,22,24)/t14-,17+,19-/m0/s1. The summed E-state index contributed by atoms with van der Waals surface area (Å²) in [5, 5.41) is 3.80. The minimum atomic E-state index is -3.39. The molecule has 4 rings (SSSR count). The summed E-state index contributed by atoms with van der Waals surface area (Å²) in [6.07, 6.45) is 6.16. The summed E-state index contributed by atoms with van der Waals surface area (Å²) in [5.74, 6) is 1.48. The number of halogens is 1. The van der Waals surface area contributed by atoms with Crippen LogP contribution in [0.1, 0.15) is 44.1 Å². The quantitative estimate of drug-likeness (QED) is 0.810. The van der Waals surface area contributed by atoms with E-state index in [1.54, 1.807) is 24.3 Å². The van der Waals surface area contributed by atoms with Crippen LogP contribution >= 0.6 is 11.6 Å². The van der Waals surface area contributed by atoms with Gasteiger partial charge in [-0.25, -0.2) is 12.7 Å². The highest BCUT2D eigenvalue weighted by atomic mass is 35.5. The first kappa shape index (κ1) is 19.2. The zero-order valence-electron chi connectivity index (χ0n) is 15.4. The number of carbonyl (C=O) groups excluding carboxylic acids is 1. The van der Waals surface area contributed by atoms with E-state index in [0.29, 0.717) is 48.5 Å². The van der Waals surface area contributed by atoms with Crippen molar-refractivity contribution < 1.29 is 13.2 Å². The van der Waals surface area contributed by atoms with Crippen molar-refractivity contribution in [3.63, 3.8) is 0 Å². The smallest absolute Gasteiger partial charge is 0.223 e. The van der Waals surface area contributed by atoms with E-state index >= 15 is 0 Å². The minimum Gasteiger partial charge on any atom is -0.353 e. The molecule has 1 heterocycles. The van der Waals surface area contributed by atoms with Gasteiger partial charge in [0, 0.05) is 30.1 Å². The van der Waals surface area contributed by atoms with Crippen molar-refractivity contribution in [1.82, 2.24) is 9.62 Å². The topological polar surface area (TPSA) is 66.5 Å². The number of nitrogens with zero attached hydrogens (tertiary/aromatic N) is 1. The number of hydrogen-bond acceptors (Lipinski definition) is 3. The van der Waals surface area contributed by atoms with Gasteiger partial charge in [0.05, 0.1) is 5.75 Å². The molecule has 1 aromatic carbocycles. The molecule has 2 bridgehead atoms. The van der Waals surface area contributed by atoms with E-state index in [4.69, 9.17) is 11.6 Å². The Labute approximate surface area is 166 Å². The first-order valence-corrected chi connectivity index (χ1v) is 11.9. The normalized spacial score (nSPS) is 29.1. The monoisotopic (exact) mass is 410 g/mol. The van der Waals surface area contributed by atoms with Crippen molar-refractivity contribution in [2.75, 3.05) is 13.1 Å². The van der Waals surface area contributed by atoms with Crippen molar-refractivity contribution in [2.45, 2.75) is 50.3 Å². The number of piperidine rings is 1. The first-order valence-electron chi connectivity index (χ1n) is 9.93.